The van der Waals surface area contributed by atoms with Crippen LogP contribution in [0.4, 0.5) is 0 Å². The highest BCUT2D eigenvalue weighted by atomic mass is 31.1. The quantitative estimate of drug-likeness (QED) is 0.450. The summed E-state index contributed by atoms with van der Waals surface area (Å²) in [7, 11) is 6.10. The molecule has 0 fully saturated rings. The third-order valence-corrected chi connectivity index (χ3v) is 4.48. The largest absolute Gasteiger partial charge is 0.273 e. The molecule has 0 N–H and O–H groups in total. The summed E-state index contributed by atoms with van der Waals surface area (Å²) in [6, 6.07) is 0. The van der Waals surface area contributed by atoms with Gasteiger partial charge in [0.15, 0.2) is 16.3 Å². The molecule has 1 radical (unpaired) electrons. The van der Waals surface area contributed by atoms with Gasteiger partial charge in [-0.25, -0.2) is 0 Å². The zero-order valence-corrected chi connectivity index (χ0v) is 11.2. The van der Waals surface area contributed by atoms with Crippen LogP contribution in [0.25, 0.3) is 0 Å². The molecule has 0 unspecified atom stereocenters. The van der Waals surface area contributed by atoms with Gasteiger partial charge in [0, 0.05) is 14.1 Å². The molecule has 0 amide bonds. The summed E-state index contributed by atoms with van der Waals surface area (Å²) in [5, 5.41) is 0. The first kappa shape index (κ1) is 10.3. The molecule has 0 atom stereocenters. The number of rotatable bonds is 2. The van der Waals surface area contributed by atoms with Crippen molar-refractivity contribution in [2.75, 3.05) is 14.1 Å². The maximum Gasteiger partial charge on any atom is 0.229 e. The minimum absolute atomic E-state index is 0.378. The van der Waals surface area contributed by atoms with E-state index in [2.05, 4.69) is 9.49 Å². The summed E-state index contributed by atoms with van der Waals surface area (Å²) in [6.45, 7) is 0. The third-order valence-electron chi connectivity index (χ3n) is 0.631. The molecule has 0 bridgehead atoms. The lowest BCUT2D eigenvalue weighted by Gasteiger charge is -2.08. The lowest BCUT2D eigenvalue weighted by molar-refractivity contribution is 1.47. The molecule has 9 heavy (non-hydrogen) atoms. The Hall–Kier alpha value is 1.26. The average molecular weight is 189 g/mol. The van der Waals surface area contributed by atoms with Gasteiger partial charge < -0.3 is 0 Å². The van der Waals surface area contributed by atoms with Crippen LogP contribution in [0, 0.1) is 0 Å². The van der Waals surface area contributed by atoms with Gasteiger partial charge in [-0.05, 0) is 19.4 Å². The molecule has 0 aliphatic heterocycles. The van der Waals surface area contributed by atoms with Crippen LogP contribution in [0.2, 0.25) is 0 Å². The van der Waals surface area contributed by atoms with Crippen molar-refractivity contribution in [3.05, 3.63) is 0 Å². The Morgan fingerprint density at radius 3 is 1.89 bits per heavy atom. The first-order valence-electron chi connectivity index (χ1n) is 2.60. The van der Waals surface area contributed by atoms with E-state index in [9.17, 15) is 0 Å². The van der Waals surface area contributed by atoms with Gasteiger partial charge in [0.05, 0.1) is 0 Å². The van der Waals surface area contributed by atoms with Crippen LogP contribution in [0.3, 0.4) is 0 Å². The summed E-state index contributed by atoms with van der Waals surface area (Å²) in [5.74, 6) is 0. The monoisotopic (exact) mass is 189 g/mol. The molecule has 6 heteroatoms. The van der Waals surface area contributed by atoms with Crippen molar-refractivity contribution < 1.29 is 0 Å². The maximum atomic E-state index is 4.07. The molecule has 0 aromatic rings. The van der Waals surface area contributed by atoms with E-state index in [1.54, 1.807) is 0 Å². The highest BCUT2D eigenvalue weighted by Gasteiger charge is 2.11. The van der Waals surface area contributed by atoms with Gasteiger partial charge in [0.1, 0.15) is 0 Å². The molecule has 0 aliphatic carbocycles. The van der Waals surface area contributed by atoms with Crippen molar-refractivity contribution in [2.24, 2.45) is 9.49 Å². The third kappa shape index (κ3) is 5.70. The normalized spacial score (nSPS) is 13.6. The van der Waals surface area contributed by atoms with E-state index in [0.29, 0.717) is 2.62 Å². The molecule has 0 aliphatic rings. The summed E-state index contributed by atoms with van der Waals surface area (Å²) in [4.78, 5) is 0. The van der Waals surface area contributed by atoms with Crippen LogP contribution in [0.5, 0.6) is 0 Å². The second kappa shape index (κ2) is 4.99. The maximum absolute atomic E-state index is 4.07. The summed E-state index contributed by atoms with van der Waals surface area (Å²) in [5.41, 5.74) is 0. The molecular weight excluding hydrogens is 180 g/mol. The molecule has 0 saturated carbocycles. The van der Waals surface area contributed by atoms with E-state index >= 15 is 0 Å². The highest BCUT2D eigenvalue weighted by molar-refractivity contribution is 7.56. The Morgan fingerprint density at radius 2 is 1.67 bits per heavy atom. The van der Waals surface area contributed by atoms with E-state index in [1.165, 1.54) is 33.0 Å². The predicted octanol–water partition coefficient (Wildman–Crippen LogP) is 0.651. The molecular formula is C3H9Al2N2P2. The average Bonchev–Trinajstić information content (AvgIpc) is 1.64. The van der Waals surface area contributed by atoms with Gasteiger partial charge >= 0.3 is 0 Å². The molecule has 2 nitrogen and oxygen atoms in total. The number of nitrogens with zero attached hydrogens (tertiary/aromatic N) is 2. The van der Waals surface area contributed by atoms with Gasteiger partial charge in [0.2, 0.25) is 16.3 Å². The lowest BCUT2D eigenvalue weighted by Crippen LogP contribution is -2.11. The Labute approximate surface area is 75.4 Å². The van der Waals surface area contributed by atoms with Gasteiger partial charge in [-0.3, -0.25) is 9.49 Å². The van der Waals surface area contributed by atoms with Crippen molar-refractivity contribution >= 4 is 49.3 Å². The fourth-order valence-corrected chi connectivity index (χ4v) is 4.06. The minimum atomic E-state index is 0.378. The van der Waals surface area contributed by atoms with E-state index in [-0.39, 0.29) is 0 Å². The second-order valence-electron chi connectivity index (χ2n) is 1.82. The Balaban J connectivity index is 4.01. The smallest absolute Gasteiger partial charge is 0.229 e. The summed E-state index contributed by atoms with van der Waals surface area (Å²) in [6.07, 6.45) is 0. The first-order chi connectivity index (χ1) is 4.12. The van der Waals surface area contributed by atoms with Gasteiger partial charge in [-0.1, -0.05) is 0 Å². The van der Waals surface area contributed by atoms with Gasteiger partial charge in [0.25, 0.3) is 0 Å². The second-order valence-corrected chi connectivity index (χ2v) is 12.8. The molecule has 0 spiro atoms. The fourth-order valence-electron chi connectivity index (χ4n) is 0.451. The van der Waals surface area contributed by atoms with Crippen molar-refractivity contribution in [3.8, 4) is 0 Å². The van der Waals surface area contributed by atoms with Crippen LogP contribution >= 0.6 is 16.7 Å². The molecule has 0 heterocycles. The highest BCUT2D eigenvalue weighted by Crippen LogP contribution is 2.30. The fraction of sp³-hybridized carbons (Fsp3) is 1.00. The van der Waals surface area contributed by atoms with E-state index in [4.69, 9.17) is 0 Å². The van der Waals surface area contributed by atoms with Crippen molar-refractivity contribution in [1.82, 2.24) is 0 Å². The van der Waals surface area contributed by atoms with Crippen molar-refractivity contribution in [3.63, 3.8) is 0 Å². The molecule has 0 saturated heterocycles. The standard InChI is InChI=1S/C3H6N2P2.2Al.3H/c1-4-6-3-7-5-2;;;;;/h1-2H3;;;;;. The Kier molecular flexibility index (Phi) is 5.69. The Bertz CT molecular complexity index is 120. The summed E-state index contributed by atoms with van der Waals surface area (Å²) >= 11 is 3.18. The molecule has 0 aromatic heterocycles. The van der Waals surface area contributed by atoms with E-state index in [1.807, 2.05) is 30.4 Å². The van der Waals surface area contributed by atoms with Crippen molar-refractivity contribution in [2.45, 2.75) is 2.62 Å². The Morgan fingerprint density at radius 1 is 1.33 bits per heavy atom. The van der Waals surface area contributed by atoms with Gasteiger partial charge in [-0.2, -0.15) is 0 Å². The SMILES string of the molecule is CN=P[C]([AlH])([AlH2])P=NC. The van der Waals surface area contributed by atoms with Crippen LogP contribution in [0.1, 0.15) is 0 Å². The molecule has 47 valence electrons. The predicted molar refractivity (Wildman–Crippen MR) is 49.0 cm³/mol. The zero-order chi connectivity index (χ0) is 7.33. The van der Waals surface area contributed by atoms with Gasteiger partial charge in [-0.15, -0.1) is 0 Å². The van der Waals surface area contributed by atoms with E-state index < -0.39 is 0 Å². The molecule has 0 aromatic carbocycles. The minimum Gasteiger partial charge on any atom is -0.273 e. The van der Waals surface area contributed by atoms with E-state index in [0.717, 1.165) is 0 Å². The molecule has 0 rings (SSSR count). The number of hydrogen-bond donors (Lipinski definition) is 0. The van der Waals surface area contributed by atoms with Crippen LogP contribution in [-0.2, 0) is 0 Å². The lowest BCUT2D eigenvalue weighted by atomic mass is 11.6. The summed E-state index contributed by atoms with van der Waals surface area (Å²) < 4.78 is 8.52. The van der Waals surface area contributed by atoms with Crippen molar-refractivity contribution in [1.29, 1.82) is 0 Å². The zero-order valence-electron chi connectivity index (χ0n) is 6.00. The topological polar surface area (TPSA) is 24.7 Å². The first-order valence-corrected chi connectivity index (χ1v) is 6.00. The number of hydrogen-bond acceptors (Lipinski definition) is 2. The van der Waals surface area contributed by atoms with Crippen LogP contribution < -0.4 is 0 Å². The van der Waals surface area contributed by atoms with Crippen LogP contribution in [0.15, 0.2) is 9.49 Å². The van der Waals surface area contributed by atoms with Crippen LogP contribution in [-0.4, -0.2) is 49.3 Å².